The van der Waals surface area contributed by atoms with Gasteiger partial charge < -0.3 is 20.5 Å². The molecule has 0 fully saturated rings. The van der Waals surface area contributed by atoms with Crippen LogP contribution in [0.15, 0.2) is 24.3 Å². The number of rotatable bonds is 7. The van der Waals surface area contributed by atoms with Crippen LogP contribution in [0, 0.1) is 0 Å². The number of fused-ring (bicyclic) bond motifs is 1. The summed E-state index contributed by atoms with van der Waals surface area (Å²) in [6.07, 6.45) is 1.52. The van der Waals surface area contributed by atoms with Crippen LogP contribution in [0.3, 0.4) is 0 Å². The van der Waals surface area contributed by atoms with E-state index in [0.717, 1.165) is 11.3 Å². The third kappa shape index (κ3) is 3.95. The first-order valence-corrected chi connectivity index (χ1v) is 6.98. The summed E-state index contributed by atoms with van der Waals surface area (Å²) in [4.78, 5) is 23.4. The Hall–Kier alpha value is -2.08. The van der Waals surface area contributed by atoms with E-state index in [-0.39, 0.29) is 5.91 Å². The third-order valence-corrected chi connectivity index (χ3v) is 3.54. The second-order valence-corrected chi connectivity index (χ2v) is 5.09. The van der Waals surface area contributed by atoms with E-state index in [4.69, 9.17) is 9.84 Å². The lowest BCUT2D eigenvalue weighted by molar-refractivity contribution is -0.142. The predicted octanol–water partition coefficient (Wildman–Crippen LogP) is 1.02. The Bertz CT molecular complexity index is 493. The number of aliphatic carboxylic acids is 1. The quantitative estimate of drug-likeness (QED) is 0.653. The molecule has 3 N–H and O–H groups in total. The van der Waals surface area contributed by atoms with Gasteiger partial charge in [0, 0.05) is 25.8 Å². The fourth-order valence-corrected chi connectivity index (χ4v) is 2.42. The molecule has 1 aromatic carbocycles. The Morgan fingerprint density at radius 3 is 2.90 bits per heavy atom. The van der Waals surface area contributed by atoms with E-state index in [1.54, 1.807) is 7.11 Å². The van der Waals surface area contributed by atoms with Crippen molar-refractivity contribution in [2.75, 3.05) is 19.0 Å². The van der Waals surface area contributed by atoms with Gasteiger partial charge in [-0.05, 0) is 24.5 Å². The summed E-state index contributed by atoms with van der Waals surface area (Å²) in [6, 6.07) is 6.41. The summed E-state index contributed by atoms with van der Waals surface area (Å²) in [7, 11) is 1.56. The molecule has 1 aliphatic heterocycles. The van der Waals surface area contributed by atoms with Crippen LogP contribution in [0.1, 0.15) is 18.4 Å². The molecule has 0 saturated carbocycles. The Balaban J connectivity index is 1.90. The van der Waals surface area contributed by atoms with Crippen molar-refractivity contribution < 1.29 is 19.4 Å². The lowest BCUT2D eigenvalue weighted by atomic mass is 10.1. The lowest BCUT2D eigenvalue weighted by Gasteiger charge is -2.17. The number of methoxy groups -OCH3 is 1. The second kappa shape index (κ2) is 7.08. The zero-order valence-corrected chi connectivity index (χ0v) is 12.0. The average Bonchev–Trinajstić information content (AvgIpc) is 2.90. The third-order valence-electron chi connectivity index (χ3n) is 3.54. The molecule has 1 aromatic rings. The van der Waals surface area contributed by atoms with Crippen LogP contribution in [0.25, 0.3) is 0 Å². The van der Waals surface area contributed by atoms with Crippen LogP contribution < -0.4 is 10.6 Å². The van der Waals surface area contributed by atoms with Gasteiger partial charge in [-0.2, -0.15) is 0 Å². The number of ether oxygens (including phenoxy) is 1. The Labute approximate surface area is 123 Å². The largest absolute Gasteiger partial charge is 0.480 e. The summed E-state index contributed by atoms with van der Waals surface area (Å²) in [6.45, 7) is 0.479. The first-order chi connectivity index (χ1) is 10.1. The van der Waals surface area contributed by atoms with Crippen molar-refractivity contribution in [2.45, 2.75) is 31.3 Å². The standard InChI is InChI=1S/C15H20N2O4/c1-21-8-4-7-12(15(19)20)17-14(18)13-9-10-5-2-3-6-11(10)16-13/h2-3,5-6,12-13,16H,4,7-9H2,1H3,(H,17,18)(H,19,20)/t12?,13-/m0/s1. The molecule has 1 amide bonds. The fraction of sp³-hybridized carbons (Fsp3) is 0.467. The highest BCUT2D eigenvalue weighted by molar-refractivity contribution is 5.90. The van der Waals surface area contributed by atoms with Gasteiger partial charge in [0.1, 0.15) is 12.1 Å². The molecule has 6 nitrogen and oxygen atoms in total. The van der Waals surface area contributed by atoms with Gasteiger partial charge in [0.05, 0.1) is 0 Å². The molecule has 1 heterocycles. The number of amides is 1. The van der Waals surface area contributed by atoms with Gasteiger partial charge in [0.25, 0.3) is 0 Å². The van der Waals surface area contributed by atoms with Crippen molar-refractivity contribution in [1.82, 2.24) is 5.32 Å². The van der Waals surface area contributed by atoms with Gasteiger partial charge in [-0.3, -0.25) is 4.79 Å². The van der Waals surface area contributed by atoms with Gasteiger partial charge in [-0.1, -0.05) is 18.2 Å². The number of para-hydroxylation sites is 1. The van der Waals surface area contributed by atoms with Crippen LogP contribution in [-0.4, -0.2) is 42.8 Å². The van der Waals surface area contributed by atoms with E-state index < -0.39 is 18.1 Å². The molecule has 0 spiro atoms. The minimum atomic E-state index is -1.02. The number of carbonyl (C=O) groups excluding carboxylic acids is 1. The molecule has 0 aliphatic carbocycles. The second-order valence-electron chi connectivity index (χ2n) is 5.09. The molecule has 0 saturated heterocycles. The van der Waals surface area contributed by atoms with Crippen LogP contribution in [0.5, 0.6) is 0 Å². The van der Waals surface area contributed by atoms with Gasteiger partial charge in [-0.25, -0.2) is 4.79 Å². The van der Waals surface area contributed by atoms with Crippen molar-refractivity contribution in [1.29, 1.82) is 0 Å². The Morgan fingerprint density at radius 2 is 2.24 bits per heavy atom. The summed E-state index contributed by atoms with van der Waals surface area (Å²) in [5.41, 5.74) is 2.01. The van der Waals surface area contributed by atoms with Crippen LogP contribution in [0.4, 0.5) is 5.69 Å². The molecule has 2 atom stereocenters. The Morgan fingerprint density at radius 1 is 1.48 bits per heavy atom. The highest BCUT2D eigenvalue weighted by atomic mass is 16.5. The summed E-state index contributed by atoms with van der Waals surface area (Å²) >= 11 is 0. The molecular weight excluding hydrogens is 272 g/mol. The smallest absolute Gasteiger partial charge is 0.326 e. The summed E-state index contributed by atoms with van der Waals surface area (Å²) < 4.78 is 4.90. The number of hydrogen-bond acceptors (Lipinski definition) is 4. The monoisotopic (exact) mass is 292 g/mol. The molecule has 6 heteroatoms. The van der Waals surface area contributed by atoms with Crippen LogP contribution >= 0.6 is 0 Å². The van der Waals surface area contributed by atoms with E-state index in [0.29, 0.717) is 25.9 Å². The van der Waals surface area contributed by atoms with E-state index in [1.165, 1.54) is 0 Å². The zero-order chi connectivity index (χ0) is 15.2. The van der Waals surface area contributed by atoms with E-state index in [9.17, 15) is 9.59 Å². The number of anilines is 1. The van der Waals surface area contributed by atoms with E-state index >= 15 is 0 Å². The molecular formula is C15H20N2O4. The molecule has 114 valence electrons. The molecule has 0 bridgehead atoms. The van der Waals surface area contributed by atoms with E-state index in [1.807, 2.05) is 24.3 Å². The molecule has 1 unspecified atom stereocenters. The van der Waals surface area contributed by atoms with Gasteiger partial charge in [0.15, 0.2) is 0 Å². The van der Waals surface area contributed by atoms with Crippen molar-refractivity contribution in [3.8, 4) is 0 Å². The van der Waals surface area contributed by atoms with Crippen LogP contribution in [0.2, 0.25) is 0 Å². The predicted molar refractivity (Wildman–Crippen MR) is 78.2 cm³/mol. The number of nitrogens with one attached hydrogen (secondary N) is 2. The van der Waals surface area contributed by atoms with Crippen molar-refractivity contribution in [2.24, 2.45) is 0 Å². The first-order valence-electron chi connectivity index (χ1n) is 6.98. The van der Waals surface area contributed by atoms with Crippen LogP contribution in [-0.2, 0) is 20.7 Å². The summed E-state index contributed by atoms with van der Waals surface area (Å²) in [5, 5.41) is 14.9. The molecule has 0 aromatic heterocycles. The van der Waals surface area contributed by atoms with Crippen molar-refractivity contribution in [3.63, 3.8) is 0 Å². The number of carboxylic acid groups (broad SMARTS) is 1. The number of hydrogen-bond donors (Lipinski definition) is 3. The van der Waals surface area contributed by atoms with Crippen molar-refractivity contribution >= 4 is 17.6 Å². The van der Waals surface area contributed by atoms with Crippen molar-refractivity contribution in [3.05, 3.63) is 29.8 Å². The maximum absolute atomic E-state index is 12.2. The first kappa shape index (κ1) is 15.3. The minimum absolute atomic E-state index is 0.281. The summed E-state index contributed by atoms with van der Waals surface area (Å²) in [5.74, 6) is -1.30. The van der Waals surface area contributed by atoms with Gasteiger partial charge in [-0.15, -0.1) is 0 Å². The number of carbonyl (C=O) groups is 2. The van der Waals surface area contributed by atoms with Gasteiger partial charge in [0.2, 0.25) is 5.91 Å². The molecule has 2 rings (SSSR count). The Kier molecular flexibility index (Phi) is 5.16. The maximum atomic E-state index is 12.2. The normalized spacial score (nSPS) is 17.7. The highest BCUT2D eigenvalue weighted by Gasteiger charge is 2.29. The number of carboxylic acids is 1. The van der Waals surface area contributed by atoms with E-state index in [2.05, 4.69) is 10.6 Å². The molecule has 21 heavy (non-hydrogen) atoms. The molecule has 0 radical (unpaired) electrons. The zero-order valence-electron chi connectivity index (χ0n) is 12.0. The van der Waals surface area contributed by atoms with Gasteiger partial charge >= 0.3 is 5.97 Å². The fourth-order valence-electron chi connectivity index (χ4n) is 2.42. The lowest BCUT2D eigenvalue weighted by Crippen LogP contribution is -2.47. The SMILES string of the molecule is COCCCC(NC(=O)[C@@H]1Cc2ccccc2N1)C(=O)O. The highest BCUT2D eigenvalue weighted by Crippen LogP contribution is 2.25. The number of benzene rings is 1. The molecule has 1 aliphatic rings. The maximum Gasteiger partial charge on any atom is 0.326 e. The minimum Gasteiger partial charge on any atom is -0.480 e. The average molecular weight is 292 g/mol. The topological polar surface area (TPSA) is 87.7 Å².